The maximum absolute atomic E-state index is 5.94. The van der Waals surface area contributed by atoms with Crippen molar-refractivity contribution in [3.63, 3.8) is 0 Å². The minimum absolute atomic E-state index is 0.327. The summed E-state index contributed by atoms with van der Waals surface area (Å²) in [6.45, 7) is 2.30. The molecule has 1 saturated carbocycles. The van der Waals surface area contributed by atoms with Gasteiger partial charge < -0.3 is 5.32 Å². The molecule has 0 spiro atoms. The fraction of sp³-hybridized carbons (Fsp3) is 0.500. The second-order valence-corrected chi connectivity index (χ2v) is 5.97. The van der Waals surface area contributed by atoms with Crippen molar-refractivity contribution in [3.05, 3.63) is 16.7 Å². The van der Waals surface area contributed by atoms with Crippen molar-refractivity contribution in [1.82, 2.24) is 9.97 Å². The summed E-state index contributed by atoms with van der Waals surface area (Å²) in [5, 5.41) is 6.95. The molecule has 1 fully saturated rings. The van der Waals surface area contributed by atoms with Gasteiger partial charge in [-0.25, -0.2) is 9.97 Å². The average molecular weight is 268 g/mol. The predicted octanol–water partition coefficient (Wildman–Crippen LogP) is 3.95. The Morgan fingerprint density at radius 2 is 2.29 bits per heavy atom. The summed E-state index contributed by atoms with van der Waals surface area (Å²) in [7, 11) is 0. The summed E-state index contributed by atoms with van der Waals surface area (Å²) < 4.78 is 0. The van der Waals surface area contributed by atoms with Gasteiger partial charge in [0.05, 0.1) is 5.39 Å². The summed E-state index contributed by atoms with van der Waals surface area (Å²) >= 11 is 7.54. The molecule has 2 unspecified atom stereocenters. The Labute approximate surface area is 109 Å². The average Bonchev–Trinajstić information content (AvgIpc) is 2.87. The van der Waals surface area contributed by atoms with Crippen LogP contribution in [-0.4, -0.2) is 16.0 Å². The number of anilines is 1. The smallest absolute Gasteiger partial charge is 0.225 e. The summed E-state index contributed by atoms with van der Waals surface area (Å²) in [4.78, 5) is 9.49. The molecule has 0 amide bonds. The van der Waals surface area contributed by atoms with Crippen LogP contribution in [0.15, 0.2) is 11.4 Å². The molecule has 0 aromatic carbocycles. The zero-order valence-corrected chi connectivity index (χ0v) is 11.2. The molecule has 0 aliphatic heterocycles. The van der Waals surface area contributed by atoms with Gasteiger partial charge in [0.15, 0.2) is 0 Å². The van der Waals surface area contributed by atoms with Gasteiger partial charge in [-0.3, -0.25) is 0 Å². The van der Waals surface area contributed by atoms with Gasteiger partial charge in [-0.05, 0) is 48.2 Å². The van der Waals surface area contributed by atoms with Gasteiger partial charge in [-0.2, -0.15) is 0 Å². The van der Waals surface area contributed by atoms with Crippen molar-refractivity contribution in [2.75, 3.05) is 5.32 Å². The molecular formula is C12H14ClN3S. The first-order chi connectivity index (χ1) is 8.22. The van der Waals surface area contributed by atoms with E-state index >= 15 is 0 Å². The molecule has 17 heavy (non-hydrogen) atoms. The third-order valence-electron chi connectivity index (χ3n) is 3.33. The Bertz CT molecular complexity index is 540. The fourth-order valence-electron chi connectivity index (χ4n) is 2.47. The third kappa shape index (κ3) is 2.24. The van der Waals surface area contributed by atoms with E-state index in [1.165, 1.54) is 19.3 Å². The molecule has 1 aliphatic rings. The Morgan fingerprint density at radius 3 is 3.06 bits per heavy atom. The van der Waals surface area contributed by atoms with E-state index in [0.717, 1.165) is 22.0 Å². The number of nitrogens with one attached hydrogen (secondary N) is 1. The third-order valence-corrected chi connectivity index (χ3v) is 4.31. The van der Waals surface area contributed by atoms with Crippen LogP contribution in [0.1, 0.15) is 26.2 Å². The summed E-state index contributed by atoms with van der Waals surface area (Å²) in [5.41, 5.74) is 0. The lowest BCUT2D eigenvalue weighted by atomic mass is 10.1. The van der Waals surface area contributed by atoms with E-state index in [1.807, 2.05) is 5.38 Å². The predicted molar refractivity (Wildman–Crippen MR) is 72.9 cm³/mol. The van der Waals surface area contributed by atoms with Gasteiger partial charge in [0.25, 0.3) is 0 Å². The van der Waals surface area contributed by atoms with Crippen molar-refractivity contribution in [2.45, 2.75) is 32.2 Å². The van der Waals surface area contributed by atoms with E-state index in [2.05, 4.69) is 28.3 Å². The van der Waals surface area contributed by atoms with Crippen molar-refractivity contribution < 1.29 is 0 Å². The standard InChI is InChI=1S/C12H14ClN3S/c1-7-2-3-8(6-7)14-10-9-4-5-17-11(9)16-12(13)15-10/h4-5,7-8H,2-3,6H2,1H3,(H,14,15,16). The van der Waals surface area contributed by atoms with Crippen LogP contribution >= 0.6 is 22.9 Å². The van der Waals surface area contributed by atoms with E-state index in [4.69, 9.17) is 11.6 Å². The quantitative estimate of drug-likeness (QED) is 0.838. The van der Waals surface area contributed by atoms with Crippen molar-refractivity contribution in [1.29, 1.82) is 0 Å². The van der Waals surface area contributed by atoms with Crippen molar-refractivity contribution >= 4 is 39.0 Å². The Kier molecular flexibility index (Phi) is 2.92. The number of fused-ring (bicyclic) bond motifs is 1. The first-order valence-electron chi connectivity index (χ1n) is 5.89. The first-order valence-corrected chi connectivity index (χ1v) is 7.15. The highest BCUT2D eigenvalue weighted by atomic mass is 35.5. The van der Waals surface area contributed by atoms with Crippen LogP contribution in [-0.2, 0) is 0 Å². The molecule has 0 bridgehead atoms. The number of thiophene rings is 1. The SMILES string of the molecule is CC1CCC(Nc2nc(Cl)nc3sccc23)C1. The number of hydrogen-bond donors (Lipinski definition) is 1. The highest BCUT2D eigenvalue weighted by Gasteiger charge is 2.22. The second kappa shape index (κ2) is 4.42. The summed E-state index contributed by atoms with van der Waals surface area (Å²) in [5.74, 6) is 1.70. The van der Waals surface area contributed by atoms with Gasteiger partial charge >= 0.3 is 0 Å². The first kappa shape index (κ1) is 11.2. The molecule has 1 aliphatic carbocycles. The van der Waals surface area contributed by atoms with Gasteiger partial charge in [-0.1, -0.05) is 6.92 Å². The molecule has 2 aromatic heterocycles. The van der Waals surface area contributed by atoms with Gasteiger partial charge in [0.2, 0.25) is 5.28 Å². The number of rotatable bonds is 2. The van der Waals surface area contributed by atoms with Crippen LogP contribution in [0.4, 0.5) is 5.82 Å². The van der Waals surface area contributed by atoms with E-state index in [-0.39, 0.29) is 0 Å². The lowest BCUT2D eigenvalue weighted by Crippen LogP contribution is -2.16. The van der Waals surface area contributed by atoms with Crippen LogP contribution in [0.25, 0.3) is 10.2 Å². The monoisotopic (exact) mass is 267 g/mol. The number of halogens is 1. The minimum Gasteiger partial charge on any atom is -0.367 e. The second-order valence-electron chi connectivity index (χ2n) is 4.74. The van der Waals surface area contributed by atoms with Gasteiger partial charge in [-0.15, -0.1) is 11.3 Å². The van der Waals surface area contributed by atoms with Crippen molar-refractivity contribution in [3.8, 4) is 0 Å². The zero-order valence-electron chi connectivity index (χ0n) is 9.61. The van der Waals surface area contributed by atoms with Gasteiger partial charge in [0.1, 0.15) is 10.6 Å². The molecule has 1 N–H and O–H groups in total. The van der Waals surface area contributed by atoms with E-state index in [0.29, 0.717) is 11.3 Å². The fourth-order valence-corrected chi connectivity index (χ4v) is 3.45. The highest BCUT2D eigenvalue weighted by Crippen LogP contribution is 2.31. The number of aromatic nitrogens is 2. The summed E-state index contributed by atoms with van der Waals surface area (Å²) in [6.07, 6.45) is 3.73. The molecule has 2 aromatic rings. The molecule has 2 heterocycles. The molecule has 0 radical (unpaired) electrons. The maximum Gasteiger partial charge on any atom is 0.225 e. The number of hydrogen-bond acceptors (Lipinski definition) is 4. The van der Waals surface area contributed by atoms with E-state index in [1.54, 1.807) is 11.3 Å². The van der Waals surface area contributed by atoms with E-state index < -0.39 is 0 Å². The lowest BCUT2D eigenvalue weighted by Gasteiger charge is -2.13. The normalized spacial score (nSPS) is 24.4. The Morgan fingerprint density at radius 1 is 1.41 bits per heavy atom. The molecule has 90 valence electrons. The molecule has 2 atom stereocenters. The lowest BCUT2D eigenvalue weighted by molar-refractivity contribution is 0.602. The highest BCUT2D eigenvalue weighted by molar-refractivity contribution is 7.16. The molecule has 0 saturated heterocycles. The molecular weight excluding hydrogens is 254 g/mol. The van der Waals surface area contributed by atoms with Crippen molar-refractivity contribution in [2.24, 2.45) is 5.92 Å². The largest absolute Gasteiger partial charge is 0.367 e. The van der Waals surface area contributed by atoms with E-state index in [9.17, 15) is 0 Å². The molecule has 5 heteroatoms. The van der Waals surface area contributed by atoms with Gasteiger partial charge in [0, 0.05) is 6.04 Å². The molecule has 3 rings (SSSR count). The number of nitrogens with zero attached hydrogens (tertiary/aromatic N) is 2. The minimum atomic E-state index is 0.327. The van der Waals surface area contributed by atoms with Crippen LogP contribution < -0.4 is 5.32 Å². The Hall–Kier alpha value is -0.870. The zero-order chi connectivity index (χ0) is 11.8. The Balaban J connectivity index is 1.91. The summed E-state index contributed by atoms with van der Waals surface area (Å²) in [6, 6.07) is 2.58. The van der Waals surface area contributed by atoms with Crippen LogP contribution in [0.3, 0.4) is 0 Å². The van der Waals surface area contributed by atoms with Crippen LogP contribution in [0.5, 0.6) is 0 Å². The topological polar surface area (TPSA) is 37.8 Å². The maximum atomic E-state index is 5.94. The van der Waals surface area contributed by atoms with Crippen LogP contribution in [0.2, 0.25) is 5.28 Å². The van der Waals surface area contributed by atoms with Crippen LogP contribution in [0, 0.1) is 5.92 Å². The molecule has 3 nitrogen and oxygen atoms in total.